The summed E-state index contributed by atoms with van der Waals surface area (Å²) >= 11 is 9.25. The van der Waals surface area contributed by atoms with Gasteiger partial charge in [-0.25, -0.2) is 9.80 Å². The molecule has 0 saturated heterocycles. The minimum Gasteiger partial charge on any atom is -0.494 e. The second-order valence-electron chi connectivity index (χ2n) is 7.36. The van der Waals surface area contributed by atoms with Crippen molar-refractivity contribution < 1.29 is 32.6 Å². The summed E-state index contributed by atoms with van der Waals surface area (Å²) in [6.45, 7) is 1.32. The van der Waals surface area contributed by atoms with Crippen LogP contribution >= 0.6 is 27.5 Å². The van der Waals surface area contributed by atoms with E-state index in [1.165, 1.54) is 5.01 Å². The number of hydrogen-bond acceptors (Lipinski definition) is 5. The Morgan fingerprint density at radius 3 is 2.26 bits per heavy atom. The average molecular weight is 579 g/mol. The molecule has 3 rings (SSSR count). The zero-order chi connectivity index (χ0) is 26.0. The van der Waals surface area contributed by atoms with Crippen molar-refractivity contribution >= 4 is 45.1 Å². The Kier molecular flexibility index (Phi) is 11.0. The van der Waals surface area contributed by atoms with E-state index in [1.54, 1.807) is 0 Å². The molecule has 190 valence electrons. The smallest absolute Gasteiger partial charge is 0.490 e. The summed E-state index contributed by atoms with van der Waals surface area (Å²) in [5, 5.41) is 13.2. The third kappa shape index (κ3) is 8.83. The Morgan fingerprint density at radius 2 is 1.74 bits per heavy atom. The molecule has 1 atom stereocenters. The molecule has 0 aliphatic carbocycles. The molecule has 0 spiro atoms. The van der Waals surface area contributed by atoms with Gasteiger partial charge in [-0.3, -0.25) is 4.79 Å². The number of carboxylic acids is 1. The van der Waals surface area contributed by atoms with Crippen LogP contribution in [0.4, 0.5) is 13.2 Å². The lowest BCUT2D eigenvalue weighted by atomic mass is 9.98. The highest BCUT2D eigenvalue weighted by molar-refractivity contribution is 9.10. The van der Waals surface area contributed by atoms with Crippen LogP contribution in [0.5, 0.6) is 5.75 Å². The van der Waals surface area contributed by atoms with E-state index in [2.05, 4.69) is 21.0 Å². The minimum absolute atomic E-state index is 0.101. The molecule has 12 heteroatoms. The molecule has 7 nitrogen and oxygen atoms in total. The van der Waals surface area contributed by atoms with Crippen LogP contribution in [0, 0.1) is 0 Å². The van der Waals surface area contributed by atoms with Crippen LogP contribution in [-0.4, -0.2) is 52.9 Å². The average Bonchev–Trinajstić information content (AvgIpc) is 3.27. The van der Waals surface area contributed by atoms with Crippen molar-refractivity contribution in [2.24, 2.45) is 10.8 Å². The summed E-state index contributed by atoms with van der Waals surface area (Å²) in [6, 6.07) is 15.6. The molecule has 0 fully saturated rings. The largest absolute Gasteiger partial charge is 0.494 e. The van der Waals surface area contributed by atoms with Crippen molar-refractivity contribution in [2.45, 2.75) is 31.5 Å². The lowest BCUT2D eigenvalue weighted by molar-refractivity contribution is -0.192. The number of benzene rings is 2. The fourth-order valence-corrected chi connectivity index (χ4v) is 3.49. The van der Waals surface area contributed by atoms with Crippen LogP contribution in [0.15, 0.2) is 58.1 Å². The first kappa shape index (κ1) is 28.6. The Bertz CT molecular complexity index is 1020. The summed E-state index contributed by atoms with van der Waals surface area (Å²) in [6.07, 6.45) is -2.56. The normalized spacial score (nSPS) is 15.2. The number of carboxylic acid groups (broad SMARTS) is 1. The van der Waals surface area contributed by atoms with Gasteiger partial charge in [-0.15, -0.1) is 11.6 Å². The highest BCUT2D eigenvalue weighted by Crippen LogP contribution is 2.34. The van der Waals surface area contributed by atoms with E-state index in [-0.39, 0.29) is 17.8 Å². The number of aliphatic carboxylic acids is 1. The van der Waals surface area contributed by atoms with Gasteiger partial charge in [0.05, 0.1) is 18.4 Å². The fourth-order valence-electron chi connectivity index (χ4n) is 3.10. The van der Waals surface area contributed by atoms with E-state index < -0.39 is 12.1 Å². The van der Waals surface area contributed by atoms with Gasteiger partial charge < -0.3 is 15.6 Å². The summed E-state index contributed by atoms with van der Waals surface area (Å²) < 4.78 is 38.5. The Balaban J connectivity index is 0.000000540. The zero-order valence-corrected chi connectivity index (χ0v) is 20.8. The van der Waals surface area contributed by atoms with Crippen molar-refractivity contribution in [1.29, 1.82) is 0 Å². The van der Waals surface area contributed by atoms with Gasteiger partial charge in [0.25, 0.3) is 5.91 Å². The highest BCUT2D eigenvalue weighted by Gasteiger charge is 2.38. The number of halogens is 5. The SMILES string of the molecule is NCCCCOc1ccc(C2CC(c3ccc(Br)cc3)=NN2C(=O)CCl)cc1.O=C(O)C(F)(F)F. The summed E-state index contributed by atoms with van der Waals surface area (Å²) in [7, 11) is 0. The Hall–Kier alpha value is -2.63. The predicted octanol–water partition coefficient (Wildman–Crippen LogP) is 5.12. The van der Waals surface area contributed by atoms with Gasteiger partial charge in [-0.2, -0.15) is 18.3 Å². The standard InChI is InChI=1S/C21H23BrClN3O2.C2HF3O2/c22-17-7-3-15(4-8-17)19-13-20(26(25-19)21(27)14-23)16-5-9-18(10-6-16)28-12-2-1-11-24;3-2(4,5)1(6)7/h3-10,20H,1-2,11-14,24H2;(H,6,7). The monoisotopic (exact) mass is 577 g/mol. The molecule has 0 bridgehead atoms. The number of unbranched alkanes of at least 4 members (excludes halogenated alkanes) is 1. The minimum atomic E-state index is -5.08. The van der Waals surface area contributed by atoms with Crippen LogP contribution in [0.2, 0.25) is 0 Å². The molecule has 2 aromatic rings. The molecule has 1 amide bonds. The van der Waals surface area contributed by atoms with Crippen LogP contribution in [0.3, 0.4) is 0 Å². The van der Waals surface area contributed by atoms with Crippen LogP contribution in [0.25, 0.3) is 0 Å². The van der Waals surface area contributed by atoms with Gasteiger partial charge in [0.1, 0.15) is 11.6 Å². The van der Waals surface area contributed by atoms with E-state index in [4.69, 9.17) is 32.0 Å². The lowest BCUT2D eigenvalue weighted by Crippen LogP contribution is -2.27. The number of ether oxygens (including phenoxy) is 1. The third-order valence-corrected chi connectivity index (χ3v) is 5.59. The van der Waals surface area contributed by atoms with Gasteiger partial charge in [0.15, 0.2) is 0 Å². The van der Waals surface area contributed by atoms with Crippen LogP contribution < -0.4 is 10.5 Å². The predicted molar refractivity (Wildman–Crippen MR) is 130 cm³/mol. The second-order valence-corrected chi connectivity index (χ2v) is 8.54. The second kappa shape index (κ2) is 13.5. The number of hydrogen-bond donors (Lipinski definition) is 2. The molecule has 0 aromatic heterocycles. The maximum Gasteiger partial charge on any atom is 0.490 e. The van der Waals surface area contributed by atoms with Gasteiger partial charge in [-0.1, -0.05) is 40.2 Å². The number of carbonyl (C=O) groups excluding carboxylic acids is 1. The molecule has 3 N–H and O–H groups in total. The molecular weight excluding hydrogens is 555 g/mol. The van der Waals surface area contributed by atoms with Crippen molar-refractivity contribution in [3.05, 3.63) is 64.1 Å². The zero-order valence-electron chi connectivity index (χ0n) is 18.5. The maximum absolute atomic E-state index is 12.3. The van der Waals surface area contributed by atoms with E-state index in [1.807, 2.05) is 48.5 Å². The summed E-state index contributed by atoms with van der Waals surface area (Å²) in [5.41, 5.74) is 8.37. The van der Waals surface area contributed by atoms with E-state index >= 15 is 0 Å². The first-order valence-electron chi connectivity index (χ1n) is 10.5. The number of nitrogens with zero attached hydrogens (tertiary/aromatic N) is 2. The van der Waals surface area contributed by atoms with Gasteiger partial charge >= 0.3 is 12.1 Å². The molecule has 1 aliphatic heterocycles. The van der Waals surface area contributed by atoms with Crippen molar-refractivity contribution in [3.8, 4) is 5.75 Å². The number of rotatable bonds is 8. The van der Waals surface area contributed by atoms with Crippen LogP contribution in [0.1, 0.15) is 36.4 Å². The molecule has 35 heavy (non-hydrogen) atoms. The highest BCUT2D eigenvalue weighted by atomic mass is 79.9. The fraction of sp³-hybridized carbons (Fsp3) is 0.348. The van der Waals surface area contributed by atoms with E-state index in [0.29, 0.717) is 19.6 Å². The quantitative estimate of drug-likeness (QED) is 0.334. The third-order valence-electron chi connectivity index (χ3n) is 4.83. The number of nitrogens with two attached hydrogens (primary N) is 1. The van der Waals surface area contributed by atoms with Crippen molar-refractivity contribution in [2.75, 3.05) is 19.0 Å². The lowest BCUT2D eigenvalue weighted by Gasteiger charge is -2.21. The molecule has 1 aliphatic rings. The Morgan fingerprint density at radius 1 is 1.14 bits per heavy atom. The van der Waals surface area contributed by atoms with Gasteiger partial charge in [-0.05, 0) is 54.8 Å². The number of hydrazone groups is 1. The topological polar surface area (TPSA) is 105 Å². The van der Waals surface area contributed by atoms with Crippen molar-refractivity contribution in [1.82, 2.24) is 5.01 Å². The summed E-state index contributed by atoms with van der Waals surface area (Å²) in [5.74, 6) is -2.26. The molecular formula is C23H24BrClF3N3O4. The van der Waals surface area contributed by atoms with Crippen LogP contribution in [-0.2, 0) is 9.59 Å². The Labute approximate surface area is 213 Å². The van der Waals surface area contributed by atoms with E-state index in [9.17, 15) is 18.0 Å². The number of alkyl halides is 4. The van der Waals surface area contributed by atoms with E-state index in [0.717, 1.165) is 39.9 Å². The molecule has 0 saturated carbocycles. The van der Waals surface area contributed by atoms with Gasteiger partial charge in [0.2, 0.25) is 0 Å². The van der Waals surface area contributed by atoms with Crippen molar-refractivity contribution in [3.63, 3.8) is 0 Å². The van der Waals surface area contributed by atoms with Gasteiger partial charge in [0, 0.05) is 10.9 Å². The number of amides is 1. The molecule has 1 unspecified atom stereocenters. The molecule has 0 radical (unpaired) electrons. The summed E-state index contributed by atoms with van der Waals surface area (Å²) in [4.78, 5) is 21.2. The number of carbonyl (C=O) groups is 2. The molecule has 2 aromatic carbocycles. The maximum atomic E-state index is 12.3. The first-order chi connectivity index (χ1) is 16.6. The molecule has 1 heterocycles. The first-order valence-corrected chi connectivity index (χ1v) is 11.8.